The summed E-state index contributed by atoms with van der Waals surface area (Å²) in [6.07, 6.45) is 2.92. The minimum atomic E-state index is -0.638. The number of halogens is 2. The quantitative estimate of drug-likeness (QED) is 0.369. The predicted octanol–water partition coefficient (Wildman–Crippen LogP) is 5.32. The molecule has 10 heteroatoms. The van der Waals surface area contributed by atoms with Crippen LogP contribution >= 0.6 is 0 Å². The summed E-state index contributed by atoms with van der Waals surface area (Å²) in [7, 11) is 2.17. The van der Waals surface area contributed by atoms with E-state index in [9.17, 15) is 8.78 Å². The molecule has 4 heterocycles. The highest BCUT2D eigenvalue weighted by Gasteiger charge is 2.26. The average Bonchev–Trinajstić information content (AvgIpc) is 3.21. The SMILES string of the molecule is Cc1nc2c(F)cc(-c3nc(Nc4ccc(CN5C[C@@H](C)N(C)[C@@H](C)C5)cn4)ncc3F)cc2n1C(C)C. The summed E-state index contributed by atoms with van der Waals surface area (Å²) in [6, 6.07) is 7.94. The van der Waals surface area contributed by atoms with Crippen LogP contribution < -0.4 is 5.32 Å². The van der Waals surface area contributed by atoms with Crippen molar-refractivity contribution in [3.8, 4) is 11.3 Å². The molecule has 0 unspecified atom stereocenters. The van der Waals surface area contributed by atoms with Crippen LogP contribution in [0.1, 0.15) is 45.1 Å². The minimum absolute atomic E-state index is 0.00684. The van der Waals surface area contributed by atoms with Gasteiger partial charge < -0.3 is 9.88 Å². The van der Waals surface area contributed by atoms with E-state index in [4.69, 9.17) is 0 Å². The molecule has 1 N–H and O–H groups in total. The van der Waals surface area contributed by atoms with Crippen LogP contribution in [0, 0.1) is 18.6 Å². The summed E-state index contributed by atoms with van der Waals surface area (Å²) >= 11 is 0. The van der Waals surface area contributed by atoms with Gasteiger partial charge in [0.15, 0.2) is 11.6 Å². The Kier molecular flexibility index (Phi) is 7.11. The molecule has 3 aromatic heterocycles. The third-order valence-electron chi connectivity index (χ3n) is 7.37. The first-order chi connectivity index (χ1) is 18.1. The number of fused-ring (bicyclic) bond motifs is 1. The third kappa shape index (κ3) is 5.10. The normalized spacial score (nSPS) is 19.0. The Morgan fingerprint density at radius 1 is 1.00 bits per heavy atom. The van der Waals surface area contributed by atoms with Gasteiger partial charge in [0.1, 0.15) is 22.9 Å². The van der Waals surface area contributed by atoms with Gasteiger partial charge in [-0.2, -0.15) is 0 Å². The predicted molar refractivity (Wildman–Crippen MR) is 145 cm³/mol. The topological polar surface area (TPSA) is 75.0 Å². The molecule has 0 spiro atoms. The lowest BCUT2D eigenvalue weighted by Gasteiger charge is -2.42. The highest BCUT2D eigenvalue weighted by atomic mass is 19.1. The molecular formula is C28H34F2N8. The maximum absolute atomic E-state index is 15.0. The summed E-state index contributed by atoms with van der Waals surface area (Å²) in [5.41, 5.74) is 2.30. The van der Waals surface area contributed by atoms with Crippen LogP contribution in [0.4, 0.5) is 20.5 Å². The van der Waals surface area contributed by atoms with Crippen molar-refractivity contribution in [3.05, 3.63) is 59.7 Å². The largest absolute Gasteiger partial charge is 0.326 e. The average molecular weight is 521 g/mol. The molecule has 1 fully saturated rings. The molecule has 1 aromatic carbocycles. The van der Waals surface area contributed by atoms with E-state index in [2.05, 4.69) is 55.9 Å². The van der Waals surface area contributed by atoms with E-state index < -0.39 is 11.6 Å². The second-order valence-corrected chi connectivity index (χ2v) is 10.6. The van der Waals surface area contributed by atoms with Crippen molar-refractivity contribution in [2.75, 3.05) is 25.5 Å². The lowest BCUT2D eigenvalue weighted by molar-refractivity contribution is 0.0556. The Balaban J connectivity index is 1.36. The van der Waals surface area contributed by atoms with Crippen LogP contribution in [-0.2, 0) is 6.54 Å². The van der Waals surface area contributed by atoms with Crippen molar-refractivity contribution in [1.29, 1.82) is 0 Å². The summed E-state index contributed by atoms with van der Waals surface area (Å²) < 4.78 is 31.7. The molecule has 1 aliphatic heterocycles. The summed E-state index contributed by atoms with van der Waals surface area (Å²) in [6.45, 7) is 13.2. The lowest BCUT2D eigenvalue weighted by Crippen LogP contribution is -2.54. The molecular weight excluding hydrogens is 486 g/mol. The highest BCUT2D eigenvalue weighted by Crippen LogP contribution is 2.30. The molecule has 0 aliphatic carbocycles. The van der Waals surface area contributed by atoms with E-state index in [1.165, 1.54) is 6.07 Å². The maximum atomic E-state index is 15.0. The van der Waals surface area contributed by atoms with Crippen molar-refractivity contribution in [2.45, 2.75) is 59.3 Å². The van der Waals surface area contributed by atoms with E-state index in [1.54, 1.807) is 6.07 Å². The Hall–Kier alpha value is -3.50. The molecule has 8 nitrogen and oxygen atoms in total. The van der Waals surface area contributed by atoms with E-state index in [1.807, 2.05) is 43.7 Å². The Morgan fingerprint density at radius 3 is 2.39 bits per heavy atom. The summed E-state index contributed by atoms with van der Waals surface area (Å²) in [4.78, 5) is 22.2. The lowest BCUT2D eigenvalue weighted by atomic mass is 10.1. The molecule has 2 atom stereocenters. The number of benzene rings is 1. The zero-order chi connectivity index (χ0) is 27.1. The van der Waals surface area contributed by atoms with Crippen molar-refractivity contribution < 1.29 is 8.78 Å². The number of aryl methyl sites for hydroxylation is 1. The zero-order valence-electron chi connectivity index (χ0n) is 22.7. The Labute approximate surface area is 221 Å². The minimum Gasteiger partial charge on any atom is -0.326 e. The molecule has 200 valence electrons. The zero-order valence-corrected chi connectivity index (χ0v) is 22.7. The molecule has 5 rings (SSSR count). The van der Waals surface area contributed by atoms with Crippen molar-refractivity contribution >= 4 is 22.8 Å². The van der Waals surface area contributed by atoms with Crippen LogP contribution in [0.3, 0.4) is 0 Å². The first-order valence-electron chi connectivity index (χ1n) is 13.0. The van der Waals surface area contributed by atoms with Gasteiger partial charge in [-0.1, -0.05) is 6.07 Å². The number of anilines is 2. The number of hydrogen-bond acceptors (Lipinski definition) is 7. The molecule has 4 aromatic rings. The van der Waals surface area contributed by atoms with Crippen molar-refractivity contribution in [2.24, 2.45) is 0 Å². The maximum Gasteiger partial charge on any atom is 0.229 e. The molecule has 0 saturated carbocycles. The van der Waals surface area contributed by atoms with Crippen LogP contribution in [0.15, 0.2) is 36.7 Å². The molecule has 0 bridgehead atoms. The second kappa shape index (κ2) is 10.3. The van der Waals surface area contributed by atoms with Crippen molar-refractivity contribution in [1.82, 2.24) is 34.3 Å². The molecule has 0 radical (unpaired) electrons. The number of likely N-dealkylation sites (N-methyl/N-ethyl adjacent to an activating group) is 1. The first-order valence-corrected chi connectivity index (χ1v) is 13.0. The van der Waals surface area contributed by atoms with Gasteiger partial charge in [0.05, 0.1) is 11.7 Å². The Morgan fingerprint density at radius 2 is 1.74 bits per heavy atom. The second-order valence-electron chi connectivity index (χ2n) is 10.6. The van der Waals surface area contributed by atoms with E-state index in [-0.39, 0.29) is 23.2 Å². The van der Waals surface area contributed by atoms with Gasteiger partial charge in [0, 0.05) is 49.5 Å². The number of piperazine rings is 1. The summed E-state index contributed by atoms with van der Waals surface area (Å²) in [5, 5.41) is 3.05. The van der Waals surface area contributed by atoms with Crippen LogP contribution in [-0.4, -0.2) is 66.5 Å². The molecule has 0 amide bonds. The first kappa shape index (κ1) is 26.1. The van der Waals surface area contributed by atoms with Gasteiger partial charge in [-0.15, -0.1) is 0 Å². The number of rotatable bonds is 6. The standard InChI is InChI=1S/C28H34F2N8/c1-16(2)38-19(5)33-27-22(29)9-21(10-24(27)38)26-23(30)12-32-28(35-26)34-25-8-7-20(11-31-25)15-37-13-17(3)36(6)18(4)14-37/h7-12,16-18H,13-15H2,1-6H3,(H,31,32,34,35)/t17-,18+. The van der Waals surface area contributed by atoms with Gasteiger partial charge in [-0.25, -0.2) is 28.7 Å². The van der Waals surface area contributed by atoms with Gasteiger partial charge in [0.25, 0.3) is 0 Å². The number of nitrogens with one attached hydrogen (secondary N) is 1. The smallest absolute Gasteiger partial charge is 0.229 e. The molecule has 1 aliphatic rings. The summed E-state index contributed by atoms with van der Waals surface area (Å²) in [5.74, 6) is 0.260. The van der Waals surface area contributed by atoms with E-state index in [0.717, 1.165) is 31.4 Å². The van der Waals surface area contributed by atoms with E-state index in [0.29, 0.717) is 34.8 Å². The third-order valence-corrected chi connectivity index (χ3v) is 7.37. The van der Waals surface area contributed by atoms with Gasteiger partial charge in [-0.3, -0.25) is 9.80 Å². The number of pyridine rings is 1. The van der Waals surface area contributed by atoms with Crippen LogP contribution in [0.5, 0.6) is 0 Å². The van der Waals surface area contributed by atoms with Gasteiger partial charge >= 0.3 is 0 Å². The van der Waals surface area contributed by atoms with Gasteiger partial charge in [0.2, 0.25) is 5.95 Å². The van der Waals surface area contributed by atoms with Crippen LogP contribution in [0.2, 0.25) is 0 Å². The Bertz CT molecular complexity index is 1440. The fraction of sp³-hybridized carbons (Fsp3) is 0.429. The van der Waals surface area contributed by atoms with E-state index >= 15 is 0 Å². The fourth-order valence-electron chi connectivity index (χ4n) is 5.29. The van der Waals surface area contributed by atoms with Crippen LogP contribution in [0.25, 0.3) is 22.3 Å². The fourth-order valence-corrected chi connectivity index (χ4v) is 5.29. The van der Waals surface area contributed by atoms with Crippen molar-refractivity contribution in [3.63, 3.8) is 0 Å². The molecule has 38 heavy (non-hydrogen) atoms. The number of nitrogens with zero attached hydrogens (tertiary/aromatic N) is 7. The number of aromatic nitrogens is 5. The van der Waals surface area contributed by atoms with Gasteiger partial charge in [-0.05, 0) is 65.4 Å². The number of hydrogen-bond donors (Lipinski definition) is 1. The number of imidazole rings is 1. The monoisotopic (exact) mass is 520 g/mol. The highest BCUT2D eigenvalue weighted by molar-refractivity contribution is 5.83. The molecule has 1 saturated heterocycles.